The highest BCUT2D eigenvalue weighted by molar-refractivity contribution is 5.94. The zero-order chi connectivity index (χ0) is 19.8. The van der Waals surface area contributed by atoms with Crippen molar-refractivity contribution in [1.82, 2.24) is 4.90 Å². The summed E-state index contributed by atoms with van der Waals surface area (Å²) in [6, 6.07) is 5.03. The average molecular weight is 386 g/mol. The Morgan fingerprint density at radius 1 is 1.19 bits per heavy atom. The van der Waals surface area contributed by atoms with Gasteiger partial charge in [-0.25, -0.2) is 9.59 Å². The molecule has 1 aromatic carbocycles. The van der Waals surface area contributed by atoms with Crippen LogP contribution < -0.4 is 4.90 Å². The number of esters is 1. The largest absolute Gasteiger partial charge is 0.471 e. The van der Waals surface area contributed by atoms with Crippen molar-refractivity contribution >= 4 is 23.7 Å². The first-order chi connectivity index (χ1) is 12.7. The smallest absolute Gasteiger partial charge is 0.466 e. The van der Waals surface area contributed by atoms with Gasteiger partial charge in [0.05, 0.1) is 13.7 Å². The molecule has 1 atom stereocenters. The maximum absolute atomic E-state index is 12.7. The van der Waals surface area contributed by atoms with Crippen molar-refractivity contribution in [2.75, 3.05) is 31.6 Å². The summed E-state index contributed by atoms with van der Waals surface area (Å²) < 4.78 is 47.5. The number of fused-ring (bicyclic) bond motifs is 1. The van der Waals surface area contributed by atoms with E-state index in [-0.39, 0.29) is 32.5 Å². The van der Waals surface area contributed by atoms with Gasteiger partial charge in [0.15, 0.2) is 0 Å². The summed E-state index contributed by atoms with van der Waals surface area (Å²) in [4.78, 5) is 37.1. The molecular formula is C17H17F3N2O5. The van der Waals surface area contributed by atoms with Crippen molar-refractivity contribution in [2.24, 2.45) is 0 Å². The molecule has 0 radical (unpaired) electrons. The van der Waals surface area contributed by atoms with Gasteiger partial charge in [-0.2, -0.15) is 13.2 Å². The van der Waals surface area contributed by atoms with Crippen molar-refractivity contribution in [2.45, 2.75) is 25.1 Å². The van der Waals surface area contributed by atoms with Gasteiger partial charge < -0.3 is 14.4 Å². The molecule has 146 valence electrons. The molecule has 1 saturated heterocycles. The summed E-state index contributed by atoms with van der Waals surface area (Å²) >= 11 is 0. The van der Waals surface area contributed by atoms with E-state index in [2.05, 4.69) is 4.74 Å². The van der Waals surface area contributed by atoms with E-state index in [1.807, 2.05) is 0 Å². The van der Waals surface area contributed by atoms with E-state index in [0.29, 0.717) is 5.69 Å². The van der Waals surface area contributed by atoms with Crippen molar-refractivity contribution in [3.05, 3.63) is 29.3 Å². The summed E-state index contributed by atoms with van der Waals surface area (Å²) in [5, 5.41) is 0. The van der Waals surface area contributed by atoms with Crippen molar-refractivity contribution in [3.63, 3.8) is 0 Å². The zero-order valence-corrected chi connectivity index (χ0v) is 14.4. The van der Waals surface area contributed by atoms with Gasteiger partial charge in [0.25, 0.3) is 0 Å². The number of hydrogen-bond donors (Lipinski definition) is 0. The van der Waals surface area contributed by atoms with Crippen LogP contribution in [0.2, 0.25) is 0 Å². The summed E-state index contributed by atoms with van der Waals surface area (Å²) in [5.74, 6) is -2.51. The Balaban J connectivity index is 1.76. The third-order valence-electron chi connectivity index (χ3n) is 4.61. The van der Waals surface area contributed by atoms with E-state index in [9.17, 15) is 27.6 Å². The molecule has 2 heterocycles. The molecule has 2 aliphatic rings. The number of nitrogens with zero attached hydrogens (tertiary/aromatic N) is 2. The first kappa shape index (κ1) is 19.0. The molecule has 3 rings (SSSR count). The van der Waals surface area contributed by atoms with E-state index in [1.54, 1.807) is 18.2 Å². The number of rotatable bonds is 2. The molecule has 7 nitrogen and oxygen atoms in total. The Morgan fingerprint density at radius 2 is 1.85 bits per heavy atom. The van der Waals surface area contributed by atoms with E-state index in [0.717, 1.165) is 16.0 Å². The van der Waals surface area contributed by atoms with Gasteiger partial charge >= 0.3 is 24.1 Å². The fraction of sp³-hybridized carbons (Fsp3) is 0.471. The number of anilines is 1. The predicted molar refractivity (Wildman–Crippen MR) is 86.1 cm³/mol. The predicted octanol–water partition coefficient (Wildman–Crippen LogP) is 1.67. The number of carbonyl (C=O) groups excluding carboxylic acids is 3. The molecule has 0 aliphatic carbocycles. The molecule has 2 amide bonds. The van der Waals surface area contributed by atoms with Crippen LogP contribution in [-0.2, 0) is 31.9 Å². The molecule has 27 heavy (non-hydrogen) atoms. The van der Waals surface area contributed by atoms with Gasteiger partial charge in [-0.15, -0.1) is 0 Å². The molecular weight excluding hydrogens is 369 g/mol. The van der Waals surface area contributed by atoms with Crippen LogP contribution in [0.15, 0.2) is 18.2 Å². The third kappa shape index (κ3) is 3.83. The van der Waals surface area contributed by atoms with Crippen LogP contribution in [0, 0.1) is 0 Å². The van der Waals surface area contributed by atoms with Crippen LogP contribution in [0.4, 0.5) is 23.7 Å². The highest BCUT2D eigenvalue weighted by Gasteiger charge is 2.42. The maximum atomic E-state index is 12.7. The molecule has 0 saturated carbocycles. The second-order valence-electron chi connectivity index (χ2n) is 6.25. The number of carbonyl (C=O) groups is 3. The van der Waals surface area contributed by atoms with E-state index < -0.39 is 30.2 Å². The number of hydrogen-bond acceptors (Lipinski definition) is 5. The van der Waals surface area contributed by atoms with Crippen molar-refractivity contribution < 1.29 is 37.0 Å². The number of halogens is 3. The summed E-state index contributed by atoms with van der Waals surface area (Å²) in [7, 11) is 1.19. The van der Waals surface area contributed by atoms with Gasteiger partial charge in [-0.1, -0.05) is 6.07 Å². The van der Waals surface area contributed by atoms with Crippen molar-refractivity contribution in [1.29, 1.82) is 0 Å². The Hall–Kier alpha value is -2.78. The third-order valence-corrected chi connectivity index (χ3v) is 4.61. The number of methoxy groups -OCH3 is 1. The molecule has 0 unspecified atom stereocenters. The molecule has 0 spiro atoms. The standard InChI is InChI=1S/C17H17F3N2O5/c1-26-14(23)13-9-22(16(25)27-13)12-3-2-10-4-6-21(7-5-11(10)8-12)15(24)17(18,19)20/h2-3,8,13H,4-7,9H2,1H3/t13-/m1/s1. The maximum Gasteiger partial charge on any atom is 0.471 e. The van der Waals surface area contributed by atoms with Crippen molar-refractivity contribution in [3.8, 4) is 0 Å². The first-order valence-electron chi connectivity index (χ1n) is 8.24. The summed E-state index contributed by atoms with van der Waals surface area (Å²) in [6.07, 6.45) is -6.11. The minimum atomic E-state index is -4.90. The second-order valence-corrected chi connectivity index (χ2v) is 6.25. The lowest BCUT2D eigenvalue weighted by Gasteiger charge is -2.21. The highest BCUT2D eigenvalue weighted by atomic mass is 19.4. The second kappa shape index (κ2) is 7.09. The number of amides is 2. The Bertz CT molecular complexity index is 780. The van der Waals surface area contributed by atoms with Crippen LogP contribution in [0.3, 0.4) is 0 Å². The number of alkyl halides is 3. The molecule has 1 aromatic rings. The van der Waals surface area contributed by atoms with Gasteiger partial charge in [-0.05, 0) is 36.1 Å². The van der Waals surface area contributed by atoms with Crippen LogP contribution in [-0.4, -0.2) is 61.9 Å². The van der Waals surface area contributed by atoms with Gasteiger partial charge in [0.1, 0.15) is 0 Å². The van der Waals surface area contributed by atoms with Gasteiger partial charge in [0, 0.05) is 18.8 Å². The van der Waals surface area contributed by atoms with E-state index in [4.69, 9.17) is 4.74 Å². The summed E-state index contributed by atoms with van der Waals surface area (Å²) in [5.41, 5.74) is 2.04. The lowest BCUT2D eigenvalue weighted by Crippen LogP contribution is -2.42. The quantitative estimate of drug-likeness (QED) is 0.723. The van der Waals surface area contributed by atoms with Gasteiger partial charge in [-0.3, -0.25) is 9.69 Å². The summed E-state index contributed by atoms with van der Waals surface area (Å²) in [6.45, 7) is -0.103. The number of ether oxygens (including phenoxy) is 2. The van der Waals surface area contributed by atoms with Crippen LogP contribution >= 0.6 is 0 Å². The average Bonchev–Trinajstić information content (AvgIpc) is 2.89. The fourth-order valence-corrected chi connectivity index (χ4v) is 3.19. The Labute approximate surface area is 152 Å². The lowest BCUT2D eigenvalue weighted by atomic mass is 10.0. The molecule has 0 aromatic heterocycles. The number of benzene rings is 1. The number of cyclic esters (lactones) is 1. The SMILES string of the molecule is COC(=O)[C@H]1CN(c2ccc3c(c2)CCN(C(=O)C(F)(F)F)CC3)C(=O)O1. The van der Waals surface area contributed by atoms with Crippen LogP contribution in [0.25, 0.3) is 0 Å². The van der Waals surface area contributed by atoms with Gasteiger partial charge in [0.2, 0.25) is 6.10 Å². The topological polar surface area (TPSA) is 76.2 Å². The highest BCUT2D eigenvalue weighted by Crippen LogP contribution is 2.28. The normalized spacial score (nSPS) is 20.0. The lowest BCUT2D eigenvalue weighted by molar-refractivity contribution is -0.185. The monoisotopic (exact) mass is 386 g/mol. The zero-order valence-electron chi connectivity index (χ0n) is 14.4. The Morgan fingerprint density at radius 3 is 2.48 bits per heavy atom. The van der Waals surface area contributed by atoms with Crippen LogP contribution in [0.1, 0.15) is 11.1 Å². The molecule has 0 N–H and O–H groups in total. The van der Waals surface area contributed by atoms with Crippen LogP contribution in [0.5, 0.6) is 0 Å². The fourth-order valence-electron chi connectivity index (χ4n) is 3.19. The molecule has 10 heteroatoms. The molecule has 2 aliphatic heterocycles. The Kier molecular flexibility index (Phi) is 4.99. The minimum absolute atomic E-state index is 0.0109. The van der Waals surface area contributed by atoms with E-state index >= 15 is 0 Å². The molecule has 0 bridgehead atoms. The molecule has 1 fully saturated rings. The first-order valence-corrected chi connectivity index (χ1v) is 8.24. The van der Waals surface area contributed by atoms with E-state index in [1.165, 1.54) is 12.0 Å². The minimum Gasteiger partial charge on any atom is -0.466 e.